The standard InChI is InChI=1S/C16H27NO3S/c1-4-5-12-20-13-6-11-17-21(18,19)16-9-7-15(8-10-16)14(2)3/h7-10,14,17H,4-6,11-13H2,1-3H3. The number of hydrogen-bond donors (Lipinski definition) is 1. The average Bonchev–Trinajstić information content (AvgIpc) is 2.46. The lowest BCUT2D eigenvalue weighted by Crippen LogP contribution is -2.25. The number of unbranched alkanes of at least 4 members (excludes halogenated alkanes) is 1. The molecule has 1 aromatic rings. The Morgan fingerprint density at radius 2 is 1.71 bits per heavy atom. The average molecular weight is 313 g/mol. The van der Waals surface area contributed by atoms with Gasteiger partial charge in [-0.3, -0.25) is 0 Å². The van der Waals surface area contributed by atoms with Gasteiger partial charge in [0.2, 0.25) is 10.0 Å². The zero-order valence-electron chi connectivity index (χ0n) is 13.3. The molecule has 0 fully saturated rings. The van der Waals surface area contributed by atoms with Crippen LogP contribution in [0.5, 0.6) is 0 Å². The largest absolute Gasteiger partial charge is 0.381 e. The van der Waals surface area contributed by atoms with Crippen molar-refractivity contribution in [2.24, 2.45) is 0 Å². The van der Waals surface area contributed by atoms with E-state index >= 15 is 0 Å². The summed E-state index contributed by atoms with van der Waals surface area (Å²) < 4.78 is 32.2. The van der Waals surface area contributed by atoms with E-state index in [-0.39, 0.29) is 0 Å². The molecule has 0 unspecified atom stereocenters. The fraction of sp³-hybridized carbons (Fsp3) is 0.625. The van der Waals surface area contributed by atoms with Crippen LogP contribution in [0.15, 0.2) is 29.2 Å². The van der Waals surface area contributed by atoms with E-state index in [1.165, 1.54) is 0 Å². The number of hydrogen-bond acceptors (Lipinski definition) is 3. The predicted octanol–water partition coefficient (Wildman–Crippen LogP) is 3.30. The predicted molar refractivity (Wildman–Crippen MR) is 86.1 cm³/mol. The highest BCUT2D eigenvalue weighted by Crippen LogP contribution is 2.17. The minimum atomic E-state index is -3.41. The van der Waals surface area contributed by atoms with Gasteiger partial charge in [0, 0.05) is 19.8 Å². The summed E-state index contributed by atoms with van der Waals surface area (Å²) in [5.74, 6) is 0.398. The monoisotopic (exact) mass is 313 g/mol. The van der Waals surface area contributed by atoms with Gasteiger partial charge >= 0.3 is 0 Å². The number of rotatable bonds is 10. The van der Waals surface area contributed by atoms with Gasteiger partial charge < -0.3 is 4.74 Å². The third kappa shape index (κ3) is 6.59. The summed E-state index contributed by atoms with van der Waals surface area (Å²) in [6.07, 6.45) is 2.85. The molecule has 0 heterocycles. The van der Waals surface area contributed by atoms with Crippen LogP contribution in [0.3, 0.4) is 0 Å². The minimum absolute atomic E-state index is 0.318. The maximum Gasteiger partial charge on any atom is 0.240 e. The summed E-state index contributed by atoms with van der Waals surface area (Å²) in [5, 5.41) is 0. The zero-order valence-corrected chi connectivity index (χ0v) is 14.1. The van der Waals surface area contributed by atoms with Crippen LogP contribution in [0.1, 0.15) is 51.5 Å². The van der Waals surface area contributed by atoms with Crippen molar-refractivity contribution in [3.8, 4) is 0 Å². The molecule has 0 radical (unpaired) electrons. The molecule has 0 aliphatic carbocycles. The van der Waals surface area contributed by atoms with Gasteiger partial charge in [0.05, 0.1) is 4.90 Å². The SMILES string of the molecule is CCCCOCCCNS(=O)(=O)c1ccc(C(C)C)cc1. The van der Waals surface area contributed by atoms with Crippen molar-refractivity contribution < 1.29 is 13.2 Å². The molecular weight excluding hydrogens is 286 g/mol. The first-order valence-corrected chi connectivity index (χ1v) is 9.13. The van der Waals surface area contributed by atoms with Gasteiger partial charge in [-0.2, -0.15) is 0 Å². The van der Waals surface area contributed by atoms with E-state index in [4.69, 9.17) is 4.74 Å². The van der Waals surface area contributed by atoms with Crippen LogP contribution < -0.4 is 4.72 Å². The summed E-state index contributed by atoms with van der Waals surface area (Å²) in [7, 11) is -3.41. The number of ether oxygens (including phenoxy) is 1. The van der Waals surface area contributed by atoms with Gasteiger partial charge in [-0.15, -0.1) is 0 Å². The van der Waals surface area contributed by atoms with E-state index in [2.05, 4.69) is 25.5 Å². The summed E-state index contributed by atoms with van der Waals surface area (Å²) >= 11 is 0. The van der Waals surface area contributed by atoms with E-state index in [9.17, 15) is 8.42 Å². The van der Waals surface area contributed by atoms with Crippen molar-refractivity contribution in [1.82, 2.24) is 4.72 Å². The van der Waals surface area contributed by atoms with Crippen LogP contribution in [0.2, 0.25) is 0 Å². The Bertz CT molecular complexity index is 495. The molecule has 4 nitrogen and oxygen atoms in total. The lowest BCUT2D eigenvalue weighted by atomic mass is 10.0. The summed E-state index contributed by atoms with van der Waals surface area (Å²) in [6, 6.07) is 7.06. The van der Waals surface area contributed by atoms with E-state index in [1.54, 1.807) is 12.1 Å². The number of benzene rings is 1. The number of sulfonamides is 1. The van der Waals surface area contributed by atoms with Crippen LogP contribution in [0, 0.1) is 0 Å². The van der Waals surface area contributed by atoms with Crippen molar-refractivity contribution in [3.63, 3.8) is 0 Å². The fourth-order valence-corrected chi connectivity index (χ4v) is 2.92. The van der Waals surface area contributed by atoms with E-state index in [1.807, 2.05) is 12.1 Å². The molecule has 1 rings (SSSR count). The quantitative estimate of drug-likeness (QED) is 0.674. The van der Waals surface area contributed by atoms with Crippen LogP contribution in [-0.4, -0.2) is 28.2 Å². The van der Waals surface area contributed by atoms with Crippen molar-refractivity contribution >= 4 is 10.0 Å². The first-order valence-electron chi connectivity index (χ1n) is 7.64. The normalized spacial score (nSPS) is 12.0. The van der Waals surface area contributed by atoms with Gasteiger partial charge in [-0.1, -0.05) is 39.3 Å². The van der Waals surface area contributed by atoms with Gasteiger partial charge in [-0.05, 0) is 36.5 Å². The molecule has 0 aliphatic rings. The number of nitrogens with one attached hydrogen (secondary N) is 1. The molecule has 0 aromatic heterocycles. The Morgan fingerprint density at radius 1 is 1.10 bits per heavy atom. The van der Waals surface area contributed by atoms with Crippen LogP contribution in [0.4, 0.5) is 0 Å². The first kappa shape index (κ1) is 18.1. The fourth-order valence-electron chi connectivity index (χ4n) is 1.84. The van der Waals surface area contributed by atoms with Gasteiger partial charge in [0.25, 0.3) is 0 Å². The molecule has 0 amide bonds. The zero-order chi connectivity index (χ0) is 15.7. The van der Waals surface area contributed by atoms with Crippen LogP contribution >= 0.6 is 0 Å². The summed E-state index contributed by atoms with van der Waals surface area (Å²) in [4.78, 5) is 0.318. The highest BCUT2D eigenvalue weighted by Gasteiger charge is 2.13. The van der Waals surface area contributed by atoms with Crippen molar-refractivity contribution in [2.75, 3.05) is 19.8 Å². The third-order valence-electron chi connectivity index (χ3n) is 3.26. The molecule has 0 aliphatic heterocycles. The van der Waals surface area contributed by atoms with Crippen LogP contribution in [0.25, 0.3) is 0 Å². The van der Waals surface area contributed by atoms with Crippen molar-refractivity contribution in [1.29, 1.82) is 0 Å². The topological polar surface area (TPSA) is 55.4 Å². The highest BCUT2D eigenvalue weighted by molar-refractivity contribution is 7.89. The third-order valence-corrected chi connectivity index (χ3v) is 4.73. The van der Waals surface area contributed by atoms with Crippen molar-refractivity contribution in [2.45, 2.75) is 50.8 Å². The van der Waals surface area contributed by atoms with Gasteiger partial charge in [-0.25, -0.2) is 13.1 Å². The second-order valence-corrected chi connectivity index (χ2v) is 7.21. The van der Waals surface area contributed by atoms with Gasteiger partial charge in [0.1, 0.15) is 0 Å². The molecular formula is C16H27NO3S. The second-order valence-electron chi connectivity index (χ2n) is 5.44. The Morgan fingerprint density at radius 3 is 2.29 bits per heavy atom. The Kier molecular flexibility index (Phi) is 7.93. The highest BCUT2D eigenvalue weighted by atomic mass is 32.2. The Hall–Kier alpha value is -0.910. The van der Waals surface area contributed by atoms with Crippen molar-refractivity contribution in [3.05, 3.63) is 29.8 Å². The molecule has 120 valence electrons. The molecule has 0 saturated heterocycles. The summed E-state index contributed by atoms with van der Waals surface area (Å²) in [6.45, 7) is 8.03. The lowest BCUT2D eigenvalue weighted by molar-refractivity contribution is 0.130. The smallest absolute Gasteiger partial charge is 0.240 e. The molecule has 21 heavy (non-hydrogen) atoms. The molecule has 1 aromatic carbocycles. The second kappa shape index (κ2) is 9.18. The summed E-state index contributed by atoms with van der Waals surface area (Å²) in [5.41, 5.74) is 1.14. The van der Waals surface area contributed by atoms with Crippen LogP contribution in [-0.2, 0) is 14.8 Å². The maximum atomic E-state index is 12.1. The first-order chi connectivity index (χ1) is 9.97. The van der Waals surface area contributed by atoms with E-state index < -0.39 is 10.0 Å². The maximum absolute atomic E-state index is 12.1. The molecule has 5 heteroatoms. The molecule has 0 bridgehead atoms. The Labute approximate surface area is 129 Å². The van der Waals surface area contributed by atoms with E-state index in [0.717, 1.165) is 25.0 Å². The molecule has 0 saturated carbocycles. The minimum Gasteiger partial charge on any atom is -0.381 e. The Balaban J connectivity index is 2.39. The molecule has 0 spiro atoms. The molecule has 0 atom stereocenters. The molecule has 1 N–H and O–H groups in total. The van der Waals surface area contributed by atoms with E-state index in [0.29, 0.717) is 30.4 Å². The lowest BCUT2D eigenvalue weighted by Gasteiger charge is -2.09. The van der Waals surface area contributed by atoms with Gasteiger partial charge in [0.15, 0.2) is 0 Å².